The van der Waals surface area contributed by atoms with Gasteiger partial charge in [-0.2, -0.15) is 13.2 Å². The highest BCUT2D eigenvalue weighted by atomic mass is 32.1. The number of para-hydroxylation sites is 1. The molecule has 2 aromatic carbocycles. The number of rotatable bonds is 7. The molecule has 2 atom stereocenters. The minimum absolute atomic E-state index is 0.0889. The number of fused-ring (bicyclic) bond motifs is 1. The molecular weight excluding hydrogens is 571 g/mol. The molecule has 0 saturated carbocycles. The Bertz CT molecular complexity index is 1630. The summed E-state index contributed by atoms with van der Waals surface area (Å²) in [6, 6.07) is 16.5. The van der Waals surface area contributed by atoms with Crippen molar-refractivity contribution in [3.63, 3.8) is 0 Å². The van der Waals surface area contributed by atoms with Crippen LogP contribution in [0.4, 0.5) is 29.9 Å². The maximum atomic E-state index is 13.9. The fourth-order valence-corrected chi connectivity index (χ4v) is 5.62. The minimum atomic E-state index is -4.53. The molecule has 0 bridgehead atoms. The molecule has 2 aliphatic rings. The van der Waals surface area contributed by atoms with Gasteiger partial charge < -0.3 is 25.1 Å². The van der Waals surface area contributed by atoms with Gasteiger partial charge in [-0.3, -0.25) is 4.79 Å². The third-order valence-corrected chi connectivity index (χ3v) is 8.33. The van der Waals surface area contributed by atoms with Crippen molar-refractivity contribution in [3.05, 3.63) is 70.7 Å². The Morgan fingerprint density at radius 3 is 2.52 bits per heavy atom. The molecule has 1 amide bonds. The zero-order valence-corrected chi connectivity index (χ0v) is 23.3. The van der Waals surface area contributed by atoms with Crippen LogP contribution in [0.5, 0.6) is 0 Å². The molecule has 6 rings (SSSR count). The number of anilines is 3. The van der Waals surface area contributed by atoms with Gasteiger partial charge in [0, 0.05) is 17.7 Å². The summed E-state index contributed by atoms with van der Waals surface area (Å²) in [6.45, 7) is 3.10. The summed E-state index contributed by atoms with van der Waals surface area (Å²) in [5, 5.41) is 17.2. The number of hydrogen-bond donors (Lipinski definition) is 3. The van der Waals surface area contributed by atoms with Gasteiger partial charge in [-0.25, -0.2) is 9.98 Å². The summed E-state index contributed by atoms with van der Waals surface area (Å²) >= 11 is 0.882. The average Bonchev–Trinajstić information content (AvgIpc) is 3.72. The zero-order valence-electron chi connectivity index (χ0n) is 22.5. The van der Waals surface area contributed by atoms with Crippen LogP contribution in [-0.4, -0.2) is 58.4 Å². The Kier molecular flexibility index (Phi) is 7.19. The van der Waals surface area contributed by atoms with Crippen molar-refractivity contribution in [1.29, 1.82) is 0 Å². The van der Waals surface area contributed by atoms with E-state index in [0.29, 0.717) is 36.0 Å². The Morgan fingerprint density at radius 2 is 1.79 bits per heavy atom. The van der Waals surface area contributed by atoms with Crippen LogP contribution in [0.15, 0.2) is 64.0 Å². The van der Waals surface area contributed by atoms with Crippen molar-refractivity contribution in [1.82, 2.24) is 15.2 Å². The maximum Gasteiger partial charge on any atom is 0.400 e. The first kappa shape index (κ1) is 27.8. The number of hydrogen-bond acceptors (Lipinski definition) is 10. The summed E-state index contributed by atoms with van der Waals surface area (Å²) in [6.07, 6.45) is -4.99. The van der Waals surface area contributed by atoms with E-state index in [1.165, 1.54) is 0 Å². The van der Waals surface area contributed by atoms with E-state index in [1.807, 2.05) is 48.5 Å². The fraction of sp³-hybridized carbons (Fsp3) is 0.321. The first-order chi connectivity index (χ1) is 20.1. The van der Waals surface area contributed by atoms with Crippen molar-refractivity contribution < 1.29 is 27.1 Å². The molecule has 1 saturated heterocycles. The number of aromatic nitrogens is 3. The molecule has 10 nitrogen and oxygen atoms in total. The van der Waals surface area contributed by atoms with Crippen LogP contribution in [0.25, 0.3) is 11.6 Å². The lowest BCUT2D eigenvalue weighted by Crippen LogP contribution is -2.36. The SMILES string of the molecule is CC(C)(c1nc(-c2nnc(N[C@H]3N=C(c4ccccc4)c4ccccc4NC3=O)o2)c(N[C@@H]2CCOC2)s1)C(F)(F)F. The van der Waals surface area contributed by atoms with Crippen LogP contribution in [0.3, 0.4) is 0 Å². The van der Waals surface area contributed by atoms with Crippen molar-refractivity contribution in [3.8, 4) is 11.6 Å². The number of ether oxygens (including phenoxy) is 1. The van der Waals surface area contributed by atoms with E-state index in [-0.39, 0.29) is 28.6 Å². The second-order valence-electron chi connectivity index (χ2n) is 10.4. The smallest absolute Gasteiger partial charge is 0.400 e. The van der Waals surface area contributed by atoms with Gasteiger partial charge in [-0.15, -0.1) is 5.10 Å². The van der Waals surface area contributed by atoms with Gasteiger partial charge in [-0.05, 0) is 26.3 Å². The van der Waals surface area contributed by atoms with Crippen LogP contribution in [0.1, 0.15) is 36.4 Å². The molecule has 1 fully saturated rings. The number of alkyl halides is 3. The largest absolute Gasteiger partial charge is 0.402 e. The number of benzodiazepines with no additional fused rings is 1. The van der Waals surface area contributed by atoms with Gasteiger partial charge in [-0.1, -0.05) is 65.0 Å². The highest BCUT2D eigenvalue weighted by molar-refractivity contribution is 7.16. The van der Waals surface area contributed by atoms with E-state index >= 15 is 0 Å². The van der Waals surface area contributed by atoms with E-state index < -0.39 is 23.7 Å². The van der Waals surface area contributed by atoms with Gasteiger partial charge in [0.1, 0.15) is 15.4 Å². The topological polar surface area (TPSA) is 127 Å². The number of nitrogens with zero attached hydrogens (tertiary/aromatic N) is 4. The van der Waals surface area contributed by atoms with Crippen molar-refractivity contribution in [2.45, 2.75) is 44.1 Å². The normalized spacial score (nSPS) is 19.1. The predicted molar refractivity (Wildman–Crippen MR) is 152 cm³/mol. The average molecular weight is 598 g/mol. The number of halogens is 3. The second-order valence-corrected chi connectivity index (χ2v) is 11.4. The first-order valence-corrected chi connectivity index (χ1v) is 14.0. The summed E-state index contributed by atoms with van der Waals surface area (Å²) in [5.74, 6) is -0.566. The Labute approximate surface area is 242 Å². The van der Waals surface area contributed by atoms with Crippen molar-refractivity contribution >= 4 is 39.7 Å². The minimum Gasteiger partial charge on any atom is -0.402 e. The molecule has 2 aromatic heterocycles. The lowest BCUT2D eigenvalue weighted by atomic mass is 9.94. The van der Waals surface area contributed by atoms with Gasteiger partial charge in [0.05, 0.1) is 24.0 Å². The molecule has 42 heavy (non-hydrogen) atoms. The quantitative estimate of drug-likeness (QED) is 0.256. The van der Waals surface area contributed by atoms with Crippen LogP contribution in [0.2, 0.25) is 0 Å². The molecule has 0 radical (unpaired) electrons. The van der Waals surface area contributed by atoms with Crippen LogP contribution < -0.4 is 16.0 Å². The monoisotopic (exact) mass is 597 g/mol. The van der Waals surface area contributed by atoms with E-state index in [1.54, 1.807) is 6.07 Å². The Balaban J connectivity index is 1.33. The van der Waals surface area contributed by atoms with E-state index in [2.05, 4.69) is 31.1 Å². The third kappa shape index (κ3) is 5.34. The van der Waals surface area contributed by atoms with Gasteiger partial charge in [0.25, 0.3) is 11.8 Å². The molecule has 0 spiro atoms. The van der Waals surface area contributed by atoms with Crippen molar-refractivity contribution in [2.24, 2.45) is 4.99 Å². The molecule has 4 aromatic rings. The number of carbonyl (C=O) groups is 1. The van der Waals surface area contributed by atoms with Crippen molar-refractivity contribution in [2.75, 3.05) is 29.2 Å². The van der Waals surface area contributed by atoms with Crippen LogP contribution >= 0.6 is 11.3 Å². The number of benzene rings is 2. The molecule has 14 heteroatoms. The van der Waals surface area contributed by atoms with Crippen LogP contribution in [0, 0.1) is 0 Å². The van der Waals surface area contributed by atoms with Crippen LogP contribution in [-0.2, 0) is 14.9 Å². The summed E-state index contributed by atoms with van der Waals surface area (Å²) in [5.41, 5.74) is 0.580. The zero-order chi connectivity index (χ0) is 29.5. The van der Waals surface area contributed by atoms with E-state index in [4.69, 9.17) is 14.1 Å². The highest BCUT2D eigenvalue weighted by Crippen LogP contribution is 2.46. The summed E-state index contributed by atoms with van der Waals surface area (Å²) in [7, 11) is 0. The lowest BCUT2D eigenvalue weighted by molar-refractivity contribution is -0.180. The molecule has 0 aliphatic carbocycles. The predicted octanol–water partition coefficient (Wildman–Crippen LogP) is 5.46. The van der Waals surface area contributed by atoms with Gasteiger partial charge in [0.15, 0.2) is 5.69 Å². The molecule has 0 unspecified atom stereocenters. The number of amides is 1. The highest BCUT2D eigenvalue weighted by Gasteiger charge is 2.51. The van der Waals surface area contributed by atoms with E-state index in [9.17, 15) is 18.0 Å². The third-order valence-electron chi connectivity index (χ3n) is 7.02. The fourth-order valence-electron chi connectivity index (χ4n) is 4.46. The number of carbonyl (C=O) groups excluding carboxylic acids is 1. The lowest BCUT2D eigenvalue weighted by Gasteiger charge is -2.25. The molecule has 3 N–H and O–H groups in total. The summed E-state index contributed by atoms with van der Waals surface area (Å²) < 4.78 is 52.8. The number of aliphatic imine (C=N–C) groups is 1. The second kappa shape index (κ2) is 10.8. The van der Waals surface area contributed by atoms with Gasteiger partial charge >= 0.3 is 12.2 Å². The Morgan fingerprint density at radius 1 is 1.02 bits per heavy atom. The summed E-state index contributed by atoms with van der Waals surface area (Å²) in [4.78, 5) is 22.2. The molecule has 2 aliphatic heterocycles. The molecular formula is C28H26F3N7O3S. The number of thiazole rings is 1. The first-order valence-electron chi connectivity index (χ1n) is 13.2. The standard InChI is InChI=1S/C28H26F3N7O3S/c1-27(2,28(29,30)31)25-35-20(24(42-25)32-16-12-13-40-14-16)23-37-38-26(41-23)36-21-22(39)33-18-11-7-6-10-17(18)19(34-21)15-8-4-3-5-9-15/h3-11,16,21,32H,12-14H2,1-2H3,(H,33,39)(H,36,38)/t16-,21-/m1/s1. The maximum absolute atomic E-state index is 13.9. The number of nitrogens with one attached hydrogen (secondary N) is 3. The Hall–Kier alpha value is -4.30. The van der Waals surface area contributed by atoms with Gasteiger partial charge in [0.2, 0.25) is 6.17 Å². The van der Waals surface area contributed by atoms with E-state index in [0.717, 1.165) is 36.3 Å². The molecule has 218 valence electrons. The molecule has 4 heterocycles.